The lowest BCUT2D eigenvalue weighted by atomic mass is 9.90. The summed E-state index contributed by atoms with van der Waals surface area (Å²) in [5, 5.41) is 0. The number of rotatable bonds is 0. The number of ether oxygens (including phenoxy) is 1. The van der Waals surface area contributed by atoms with E-state index in [0.29, 0.717) is 12.1 Å². The summed E-state index contributed by atoms with van der Waals surface area (Å²) in [6.07, 6.45) is 5.06. The number of morpholine rings is 1. The highest BCUT2D eigenvalue weighted by atomic mass is 35.5. The maximum absolute atomic E-state index is 11.2. The molecule has 0 aromatic heterocycles. The van der Waals surface area contributed by atoms with Gasteiger partial charge < -0.3 is 9.64 Å². The third-order valence-corrected chi connectivity index (χ3v) is 2.98. The minimum absolute atomic E-state index is 0. The molecule has 2 fully saturated rings. The number of carbonyl (C=O) groups is 1. The summed E-state index contributed by atoms with van der Waals surface area (Å²) in [5.74, 6) is 0.137. The van der Waals surface area contributed by atoms with E-state index in [2.05, 4.69) is 0 Å². The summed E-state index contributed by atoms with van der Waals surface area (Å²) < 4.78 is 5.47. The van der Waals surface area contributed by atoms with Crippen LogP contribution in [0.5, 0.6) is 0 Å². The number of hydrogen-bond donors (Lipinski definition) is 0. The second-order valence-corrected chi connectivity index (χ2v) is 3.71. The van der Waals surface area contributed by atoms with Gasteiger partial charge in [-0.05, 0) is 12.8 Å². The molecule has 76 valence electrons. The van der Waals surface area contributed by atoms with Gasteiger partial charge in [-0.2, -0.15) is 0 Å². The van der Waals surface area contributed by atoms with E-state index < -0.39 is 0 Å². The van der Waals surface area contributed by atoms with Crippen molar-refractivity contribution >= 4 is 18.3 Å². The first-order chi connectivity index (χ1) is 5.79. The van der Waals surface area contributed by atoms with Crippen molar-refractivity contribution < 1.29 is 9.53 Å². The Bertz CT molecular complexity index is 198. The molecule has 0 spiro atoms. The normalized spacial score (nSPS) is 33.6. The average Bonchev–Trinajstić information content (AvgIpc) is 2.12. The lowest BCUT2D eigenvalue weighted by molar-refractivity contribution is -0.157. The van der Waals surface area contributed by atoms with Crippen LogP contribution in [0.2, 0.25) is 0 Å². The molecule has 4 heteroatoms. The van der Waals surface area contributed by atoms with Gasteiger partial charge in [0.15, 0.2) is 0 Å². The number of nitrogens with zero attached hydrogens (tertiary/aromatic N) is 1. The van der Waals surface area contributed by atoms with Crippen LogP contribution in [-0.4, -0.2) is 36.6 Å². The Balaban J connectivity index is 0.000000845. The first-order valence-electron chi connectivity index (χ1n) is 4.66. The number of fused-ring (bicyclic) bond motifs is 1. The fourth-order valence-corrected chi connectivity index (χ4v) is 2.18. The lowest BCUT2D eigenvalue weighted by Crippen LogP contribution is -2.53. The van der Waals surface area contributed by atoms with Crippen LogP contribution in [0, 0.1) is 0 Å². The zero-order chi connectivity index (χ0) is 8.55. The van der Waals surface area contributed by atoms with Gasteiger partial charge in [-0.25, -0.2) is 0 Å². The average molecular weight is 206 g/mol. The Morgan fingerprint density at radius 3 is 2.85 bits per heavy atom. The van der Waals surface area contributed by atoms with E-state index in [4.69, 9.17) is 4.74 Å². The number of amides is 1. The van der Waals surface area contributed by atoms with Crippen molar-refractivity contribution in [3.8, 4) is 0 Å². The van der Waals surface area contributed by atoms with Crippen LogP contribution in [0.25, 0.3) is 0 Å². The summed E-state index contributed by atoms with van der Waals surface area (Å²) in [6.45, 7) is 0.289. The second-order valence-electron chi connectivity index (χ2n) is 3.71. The molecule has 0 aromatic rings. The van der Waals surface area contributed by atoms with E-state index in [1.165, 1.54) is 12.8 Å². The SMILES string of the molecule is CN1C(=O)COC2CCCCC21.Cl. The molecule has 2 atom stereocenters. The molecule has 2 unspecified atom stereocenters. The molecule has 2 rings (SSSR count). The standard InChI is InChI=1S/C9H15NO2.ClH/c1-10-7-4-2-3-5-8(7)12-6-9(10)11;/h7-8H,2-6H2,1H3;1H. The topological polar surface area (TPSA) is 29.5 Å². The molecule has 2 aliphatic rings. The Labute approximate surface area is 84.8 Å². The Morgan fingerprint density at radius 1 is 1.38 bits per heavy atom. The third-order valence-electron chi connectivity index (χ3n) is 2.98. The van der Waals surface area contributed by atoms with E-state index in [1.807, 2.05) is 11.9 Å². The van der Waals surface area contributed by atoms with Gasteiger partial charge in [0.2, 0.25) is 5.91 Å². The predicted molar refractivity (Wildman–Crippen MR) is 52.0 cm³/mol. The molecule has 1 saturated heterocycles. The van der Waals surface area contributed by atoms with Gasteiger partial charge in [0.05, 0.1) is 12.1 Å². The number of carbonyl (C=O) groups excluding carboxylic acids is 1. The molecule has 0 N–H and O–H groups in total. The smallest absolute Gasteiger partial charge is 0.248 e. The predicted octanol–water partition coefficient (Wildman–Crippen LogP) is 1.21. The zero-order valence-corrected chi connectivity index (χ0v) is 8.68. The first kappa shape index (κ1) is 10.8. The van der Waals surface area contributed by atoms with Gasteiger partial charge in [0.25, 0.3) is 0 Å². The van der Waals surface area contributed by atoms with Crippen LogP contribution < -0.4 is 0 Å². The first-order valence-corrected chi connectivity index (χ1v) is 4.66. The van der Waals surface area contributed by atoms with Gasteiger partial charge >= 0.3 is 0 Å². The molecule has 13 heavy (non-hydrogen) atoms. The van der Waals surface area contributed by atoms with Crippen molar-refractivity contribution in [3.05, 3.63) is 0 Å². The van der Waals surface area contributed by atoms with Gasteiger partial charge in [-0.15, -0.1) is 12.4 Å². The highest BCUT2D eigenvalue weighted by Crippen LogP contribution is 2.27. The molecule has 1 amide bonds. The Hall–Kier alpha value is -0.280. The van der Waals surface area contributed by atoms with Crippen molar-refractivity contribution in [2.75, 3.05) is 13.7 Å². The van der Waals surface area contributed by atoms with Crippen molar-refractivity contribution in [1.29, 1.82) is 0 Å². The fraction of sp³-hybridized carbons (Fsp3) is 0.889. The van der Waals surface area contributed by atoms with Crippen LogP contribution >= 0.6 is 12.4 Å². The molecular weight excluding hydrogens is 190 g/mol. The Morgan fingerprint density at radius 2 is 2.08 bits per heavy atom. The van der Waals surface area contributed by atoms with Crippen LogP contribution in [0.1, 0.15) is 25.7 Å². The number of hydrogen-bond acceptors (Lipinski definition) is 2. The largest absolute Gasteiger partial charge is 0.366 e. The number of halogens is 1. The molecule has 0 aromatic carbocycles. The molecule has 1 aliphatic carbocycles. The fourth-order valence-electron chi connectivity index (χ4n) is 2.18. The molecule has 0 bridgehead atoms. The van der Waals surface area contributed by atoms with Gasteiger partial charge in [0.1, 0.15) is 6.61 Å². The van der Waals surface area contributed by atoms with Gasteiger partial charge in [-0.1, -0.05) is 12.8 Å². The molecule has 0 radical (unpaired) electrons. The van der Waals surface area contributed by atoms with Crippen molar-refractivity contribution in [2.24, 2.45) is 0 Å². The zero-order valence-electron chi connectivity index (χ0n) is 7.86. The summed E-state index contributed by atoms with van der Waals surface area (Å²) in [6, 6.07) is 0.361. The van der Waals surface area contributed by atoms with Crippen LogP contribution in [0.4, 0.5) is 0 Å². The third kappa shape index (κ3) is 1.97. The quantitative estimate of drug-likeness (QED) is 0.595. The lowest BCUT2D eigenvalue weighted by Gasteiger charge is -2.41. The van der Waals surface area contributed by atoms with E-state index in [9.17, 15) is 4.79 Å². The van der Waals surface area contributed by atoms with E-state index >= 15 is 0 Å². The Kier molecular flexibility index (Phi) is 3.56. The van der Waals surface area contributed by atoms with Crippen LogP contribution in [0.15, 0.2) is 0 Å². The summed E-state index contributed by atoms with van der Waals surface area (Å²) in [7, 11) is 1.90. The van der Waals surface area contributed by atoms with Gasteiger partial charge in [-0.3, -0.25) is 4.79 Å². The summed E-state index contributed by atoms with van der Waals surface area (Å²) in [5.41, 5.74) is 0. The van der Waals surface area contributed by atoms with E-state index in [1.54, 1.807) is 0 Å². The molecule has 1 saturated carbocycles. The maximum atomic E-state index is 11.2. The summed E-state index contributed by atoms with van der Waals surface area (Å²) in [4.78, 5) is 13.1. The monoisotopic (exact) mass is 205 g/mol. The second kappa shape index (κ2) is 4.29. The molecule has 1 heterocycles. The highest BCUT2D eigenvalue weighted by Gasteiger charge is 2.35. The minimum Gasteiger partial charge on any atom is -0.366 e. The van der Waals surface area contributed by atoms with Gasteiger partial charge in [0, 0.05) is 7.05 Å². The minimum atomic E-state index is 0. The van der Waals surface area contributed by atoms with Crippen LogP contribution in [-0.2, 0) is 9.53 Å². The van der Waals surface area contributed by atoms with E-state index in [0.717, 1.165) is 12.8 Å². The molecule has 1 aliphatic heterocycles. The molecule has 3 nitrogen and oxygen atoms in total. The van der Waals surface area contributed by atoms with Crippen molar-refractivity contribution in [2.45, 2.75) is 37.8 Å². The number of likely N-dealkylation sites (N-methyl/N-ethyl adjacent to an activating group) is 1. The highest BCUT2D eigenvalue weighted by molar-refractivity contribution is 5.85. The van der Waals surface area contributed by atoms with E-state index in [-0.39, 0.29) is 24.9 Å². The molecular formula is C9H16ClNO2. The van der Waals surface area contributed by atoms with Crippen molar-refractivity contribution in [1.82, 2.24) is 4.90 Å². The maximum Gasteiger partial charge on any atom is 0.248 e. The van der Waals surface area contributed by atoms with Crippen molar-refractivity contribution in [3.63, 3.8) is 0 Å². The summed E-state index contributed by atoms with van der Waals surface area (Å²) >= 11 is 0. The van der Waals surface area contributed by atoms with Crippen LogP contribution in [0.3, 0.4) is 0 Å².